The molecule has 1 aliphatic rings. The molecule has 0 bridgehead atoms. The Hall–Kier alpha value is -3.26. The number of hydrogen-bond acceptors (Lipinski definition) is 6. The number of carbonyl (C=O) groups excluding carboxylic acids is 3. The van der Waals surface area contributed by atoms with Crippen molar-refractivity contribution >= 4 is 40.6 Å². The molecule has 33 heavy (non-hydrogen) atoms. The van der Waals surface area contributed by atoms with Crippen LogP contribution in [0.4, 0.5) is 10.5 Å². The van der Waals surface area contributed by atoms with Crippen LogP contribution in [-0.2, 0) is 9.59 Å². The summed E-state index contributed by atoms with van der Waals surface area (Å²) in [6, 6.07) is 10.9. The molecule has 1 atom stereocenters. The Morgan fingerprint density at radius 1 is 1.12 bits per heavy atom. The summed E-state index contributed by atoms with van der Waals surface area (Å²) in [4.78, 5) is 38.8. The highest BCUT2D eigenvalue weighted by atomic mass is 32.2. The molecule has 0 aromatic heterocycles. The molecule has 1 heterocycles. The van der Waals surface area contributed by atoms with E-state index in [0.29, 0.717) is 22.7 Å². The van der Waals surface area contributed by atoms with Crippen LogP contribution in [0.5, 0.6) is 11.5 Å². The first-order valence-corrected chi connectivity index (χ1v) is 11.5. The lowest BCUT2D eigenvalue weighted by Gasteiger charge is -2.15. The number of amides is 3. The summed E-state index contributed by atoms with van der Waals surface area (Å²) in [6.07, 6.45) is 2.51. The molecule has 0 unspecified atom stereocenters. The fraction of sp³-hybridized carbons (Fsp3) is 0.320. The minimum Gasteiger partial charge on any atom is -0.493 e. The SMILES string of the molecule is CC[C@H](C)Oc1ccc(/C=C2/SC(=O)N(CC(=O)Nc3ccc(C)c(C)c3)C2=O)cc1OC. The lowest BCUT2D eigenvalue weighted by atomic mass is 10.1. The maximum absolute atomic E-state index is 12.8. The lowest BCUT2D eigenvalue weighted by Crippen LogP contribution is -2.36. The van der Waals surface area contributed by atoms with Crippen LogP contribution in [0.25, 0.3) is 6.08 Å². The Bertz CT molecular complexity index is 1110. The van der Waals surface area contributed by atoms with Gasteiger partial charge in [0.1, 0.15) is 6.54 Å². The van der Waals surface area contributed by atoms with Gasteiger partial charge < -0.3 is 14.8 Å². The summed E-state index contributed by atoms with van der Waals surface area (Å²) in [7, 11) is 1.55. The number of hydrogen-bond donors (Lipinski definition) is 1. The Balaban J connectivity index is 1.71. The minimum atomic E-state index is -0.501. The van der Waals surface area contributed by atoms with Gasteiger partial charge in [-0.2, -0.15) is 0 Å². The fourth-order valence-electron chi connectivity index (χ4n) is 3.12. The molecule has 2 aromatic carbocycles. The van der Waals surface area contributed by atoms with Gasteiger partial charge in [-0.3, -0.25) is 19.3 Å². The van der Waals surface area contributed by atoms with Gasteiger partial charge >= 0.3 is 0 Å². The van der Waals surface area contributed by atoms with Crippen LogP contribution in [-0.4, -0.2) is 41.7 Å². The van der Waals surface area contributed by atoms with Crippen LogP contribution in [0, 0.1) is 13.8 Å². The highest BCUT2D eigenvalue weighted by molar-refractivity contribution is 8.18. The number of aryl methyl sites for hydroxylation is 2. The molecule has 0 radical (unpaired) electrons. The third-order valence-electron chi connectivity index (χ3n) is 5.35. The van der Waals surface area contributed by atoms with E-state index in [-0.39, 0.29) is 17.6 Å². The molecule has 2 aromatic rings. The largest absolute Gasteiger partial charge is 0.493 e. The molecular weight excluding hydrogens is 440 g/mol. The molecule has 1 fully saturated rings. The van der Waals surface area contributed by atoms with Crippen LogP contribution in [0.1, 0.15) is 37.0 Å². The number of benzene rings is 2. The van der Waals surface area contributed by atoms with Gasteiger partial charge in [0, 0.05) is 5.69 Å². The monoisotopic (exact) mass is 468 g/mol. The van der Waals surface area contributed by atoms with Gasteiger partial charge in [-0.1, -0.05) is 19.1 Å². The Morgan fingerprint density at radius 3 is 2.55 bits per heavy atom. The van der Waals surface area contributed by atoms with E-state index in [0.717, 1.165) is 34.2 Å². The van der Waals surface area contributed by atoms with E-state index in [1.54, 1.807) is 37.5 Å². The van der Waals surface area contributed by atoms with Crippen molar-refractivity contribution in [1.29, 1.82) is 0 Å². The number of rotatable bonds is 8. The predicted molar refractivity (Wildman–Crippen MR) is 131 cm³/mol. The highest BCUT2D eigenvalue weighted by Crippen LogP contribution is 2.35. The number of nitrogens with zero attached hydrogens (tertiary/aromatic N) is 1. The smallest absolute Gasteiger partial charge is 0.294 e. The molecule has 0 spiro atoms. The highest BCUT2D eigenvalue weighted by Gasteiger charge is 2.36. The number of thioether (sulfide) groups is 1. The van der Waals surface area contributed by atoms with Crippen LogP contribution in [0.3, 0.4) is 0 Å². The zero-order chi connectivity index (χ0) is 24.1. The molecule has 8 heteroatoms. The van der Waals surface area contributed by atoms with Gasteiger partial charge in [-0.15, -0.1) is 0 Å². The molecule has 174 valence electrons. The minimum absolute atomic E-state index is 0.0382. The number of imide groups is 1. The average Bonchev–Trinajstić information content (AvgIpc) is 3.04. The van der Waals surface area contributed by atoms with Crippen molar-refractivity contribution in [1.82, 2.24) is 4.90 Å². The molecule has 1 aliphatic heterocycles. The van der Waals surface area contributed by atoms with Crippen molar-refractivity contribution in [2.75, 3.05) is 19.0 Å². The van der Waals surface area contributed by atoms with E-state index < -0.39 is 17.1 Å². The van der Waals surface area contributed by atoms with Crippen LogP contribution in [0.15, 0.2) is 41.3 Å². The van der Waals surface area contributed by atoms with Crippen molar-refractivity contribution in [3.63, 3.8) is 0 Å². The molecular formula is C25H28N2O5S. The molecule has 1 N–H and O–H groups in total. The van der Waals surface area contributed by atoms with E-state index in [2.05, 4.69) is 5.32 Å². The number of carbonyl (C=O) groups is 3. The number of anilines is 1. The van der Waals surface area contributed by atoms with Gasteiger partial charge in [0.05, 0.1) is 18.1 Å². The quantitative estimate of drug-likeness (QED) is 0.539. The second-order valence-corrected chi connectivity index (χ2v) is 8.86. The van der Waals surface area contributed by atoms with Crippen molar-refractivity contribution in [2.24, 2.45) is 0 Å². The number of ether oxygens (including phenoxy) is 2. The molecule has 0 aliphatic carbocycles. The van der Waals surface area contributed by atoms with Crippen molar-refractivity contribution < 1.29 is 23.9 Å². The molecule has 3 rings (SSSR count). The zero-order valence-corrected chi connectivity index (χ0v) is 20.2. The van der Waals surface area contributed by atoms with Crippen LogP contribution in [0.2, 0.25) is 0 Å². The van der Waals surface area contributed by atoms with E-state index >= 15 is 0 Å². The van der Waals surface area contributed by atoms with Gasteiger partial charge in [-0.05, 0) is 86.0 Å². The van der Waals surface area contributed by atoms with E-state index in [1.165, 1.54) is 0 Å². The first-order valence-electron chi connectivity index (χ1n) is 10.7. The van der Waals surface area contributed by atoms with Gasteiger partial charge in [-0.25, -0.2) is 0 Å². The van der Waals surface area contributed by atoms with Crippen molar-refractivity contribution in [3.8, 4) is 11.5 Å². The zero-order valence-electron chi connectivity index (χ0n) is 19.4. The maximum atomic E-state index is 12.8. The molecule has 3 amide bonds. The first kappa shape index (κ1) is 24.4. The number of methoxy groups -OCH3 is 1. The Morgan fingerprint density at radius 2 is 1.88 bits per heavy atom. The molecule has 1 saturated heterocycles. The number of nitrogens with one attached hydrogen (secondary N) is 1. The second-order valence-electron chi connectivity index (χ2n) is 7.86. The molecule has 0 saturated carbocycles. The summed E-state index contributed by atoms with van der Waals surface area (Å²) in [5, 5.41) is 2.26. The predicted octanol–water partition coefficient (Wildman–Crippen LogP) is 5.16. The third kappa shape index (κ3) is 5.96. The van der Waals surface area contributed by atoms with Crippen molar-refractivity contribution in [2.45, 2.75) is 40.2 Å². The van der Waals surface area contributed by atoms with E-state index in [4.69, 9.17) is 9.47 Å². The van der Waals surface area contributed by atoms with Gasteiger partial charge in [0.2, 0.25) is 5.91 Å². The summed E-state index contributed by atoms with van der Waals surface area (Å²) in [5.74, 6) is 0.213. The van der Waals surface area contributed by atoms with Gasteiger partial charge in [0.25, 0.3) is 11.1 Å². The van der Waals surface area contributed by atoms with Crippen LogP contribution < -0.4 is 14.8 Å². The topological polar surface area (TPSA) is 84.9 Å². The Kier molecular flexibility index (Phi) is 7.81. The summed E-state index contributed by atoms with van der Waals surface area (Å²) < 4.78 is 11.3. The first-order chi connectivity index (χ1) is 15.7. The molecule has 7 nitrogen and oxygen atoms in total. The van der Waals surface area contributed by atoms with E-state index in [1.807, 2.05) is 39.8 Å². The standard InChI is InChI=1S/C25H28N2O5S/c1-6-17(4)32-20-10-8-18(12-21(20)31-5)13-22-24(29)27(25(30)33-22)14-23(28)26-19-9-7-15(2)16(3)11-19/h7-13,17H,6,14H2,1-5H3,(H,26,28)/b22-13+/t17-/m0/s1. The maximum Gasteiger partial charge on any atom is 0.294 e. The summed E-state index contributed by atoms with van der Waals surface area (Å²) in [5.41, 5.74) is 3.46. The Labute approximate surface area is 198 Å². The summed E-state index contributed by atoms with van der Waals surface area (Å²) in [6.45, 7) is 7.59. The lowest BCUT2D eigenvalue weighted by molar-refractivity contribution is -0.127. The normalized spacial score (nSPS) is 15.7. The average molecular weight is 469 g/mol. The summed E-state index contributed by atoms with van der Waals surface area (Å²) >= 11 is 0.808. The second kappa shape index (κ2) is 10.6. The third-order valence-corrected chi connectivity index (χ3v) is 6.26. The van der Waals surface area contributed by atoms with Crippen LogP contribution >= 0.6 is 11.8 Å². The van der Waals surface area contributed by atoms with Crippen molar-refractivity contribution in [3.05, 3.63) is 58.0 Å². The van der Waals surface area contributed by atoms with E-state index in [9.17, 15) is 14.4 Å². The van der Waals surface area contributed by atoms with Gasteiger partial charge in [0.15, 0.2) is 11.5 Å². The fourth-order valence-corrected chi connectivity index (χ4v) is 3.96.